The number of pyridine rings is 1. The first-order valence-corrected chi connectivity index (χ1v) is 9.72. The van der Waals surface area contributed by atoms with Gasteiger partial charge >= 0.3 is 0 Å². The van der Waals surface area contributed by atoms with E-state index in [1.807, 2.05) is 60.3 Å². The molecule has 4 rings (SSSR count). The van der Waals surface area contributed by atoms with Crippen molar-refractivity contribution in [2.45, 2.75) is 6.54 Å². The Labute approximate surface area is 178 Å². The average molecular weight is 419 g/mol. The van der Waals surface area contributed by atoms with Crippen molar-refractivity contribution in [2.24, 2.45) is 12.1 Å². The van der Waals surface area contributed by atoms with E-state index < -0.39 is 11.5 Å². The van der Waals surface area contributed by atoms with Gasteiger partial charge in [-0.05, 0) is 29.8 Å². The smallest absolute Gasteiger partial charge is 0.276 e. The number of carbonyl (C=O) groups excluding carboxylic acids is 1. The van der Waals surface area contributed by atoms with Crippen molar-refractivity contribution in [2.75, 3.05) is 0 Å². The van der Waals surface area contributed by atoms with Crippen LogP contribution in [0.25, 0.3) is 10.9 Å². The third kappa shape index (κ3) is 3.90. The van der Waals surface area contributed by atoms with Gasteiger partial charge in [-0.3, -0.25) is 9.59 Å². The number of amides is 1. The van der Waals surface area contributed by atoms with E-state index in [1.165, 1.54) is 10.6 Å². The molecular weight excluding hydrogens is 400 g/mol. The standard InChI is InChI=1S/C23H19ClN4O2/c1-27-14-17(18-8-3-5-11-21(18)27)13-25-26-22(29)19-9-6-12-28(23(19)30)15-16-7-2-4-10-20(16)24/h2-14H,15H2,1H3,(H,26,29)/b25-13-. The van der Waals surface area contributed by atoms with Crippen LogP contribution in [0.1, 0.15) is 21.5 Å². The van der Waals surface area contributed by atoms with E-state index in [2.05, 4.69) is 10.5 Å². The van der Waals surface area contributed by atoms with Crippen LogP contribution in [0.4, 0.5) is 0 Å². The first-order valence-electron chi connectivity index (χ1n) is 9.35. The van der Waals surface area contributed by atoms with Crippen LogP contribution in [0.3, 0.4) is 0 Å². The van der Waals surface area contributed by atoms with Crippen LogP contribution in [0, 0.1) is 0 Å². The Kier molecular flexibility index (Phi) is 5.50. The monoisotopic (exact) mass is 418 g/mol. The van der Waals surface area contributed by atoms with Crippen molar-refractivity contribution in [3.05, 3.63) is 105 Å². The summed E-state index contributed by atoms with van der Waals surface area (Å²) in [5.74, 6) is -0.565. The van der Waals surface area contributed by atoms with E-state index in [-0.39, 0.29) is 12.1 Å². The van der Waals surface area contributed by atoms with Gasteiger partial charge in [0.2, 0.25) is 0 Å². The molecule has 2 heterocycles. The zero-order valence-electron chi connectivity index (χ0n) is 16.2. The lowest BCUT2D eigenvalue weighted by Crippen LogP contribution is -2.30. The fourth-order valence-corrected chi connectivity index (χ4v) is 3.54. The van der Waals surface area contributed by atoms with E-state index in [1.54, 1.807) is 24.5 Å². The second-order valence-electron chi connectivity index (χ2n) is 6.86. The van der Waals surface area contributed by atoms with Gasteiger partial charge in [-0.1, -0.05) is 48.0 Å². The molecule has 2 aromatic carbocycles. The molecular formula is C23H19ClN4O2. The summed E-state index contributed by atoms with van der Waals surface area (Å²) in [5, 5.41) is 5.64. The normalized spacial score (nSPS) is 11.3. The summed E-state index contributed by atoms with van der Waals surface area (Å²) in [7, 11) is 1.95. The van der Waals surface area contributed by atoms with E-state index in [0.29, 0.717) is 5.02 Å². The summed E-state index contributed by atoms with van der Waals surface area (Å²) >= 11 is 6.18. The maximum atomic E-state index is 12.7. The van der Waals surface area contributed by atoms with Gasteiger partial charge in [-0.15, -0.1) is 0 Å². The number of rotatable bonds is 5. The van der Waals surface area contributed by atoms with Gasteiger partial charge < -0.3 is 9.13 Å². The number of benzene rings is 2. The largest absolute Gasteiger partial charge is 0.350 e. The van der Waals surface area contributed by atoms with Crippen LogP contribution in [-0.2, 0) is 13.6 Å². The minimum Gasteiger partial charge on any atom is -0.350 e. The molecule has 0 aliphatic heterocycles. The summed E-state index contributed by atoms with van der Waals surface area (Å²) in [6.45, 7) is 0.277. The second-order valence-corrected chi connectivity index (χ2v) is 7.27. The Morgan fingerprint density at radius 1 is 1.10 bits per heavy atom. The predicted molar refractivity (Wildman–Crippen MR) is 119 cm³/mol. The zero-order valence-corrected chi connectivity index (χ0v) is 17.0. The van der Waals surface area contributed by atoms with E-state index in [4.69, 9.17) is 11.6 Å². The van der Waals surface area contributed by atoms with Crippen molar-refractivity contribution in [3.63, 3.8) is 0 Å². The van der Waals surface area contributed by atoms with Gasteiger partial charge in [-0.2, -0.15) is 5.10 Å². The van der Waals surface area contributed by atoms with Crippen LogP contribution in [0.5, 0.6) is 0 Å². The molecule has 0 bridgehead atoms. The first-order chi connectivity index (χ1) is 14.5. The van der Waals surface area contributed by atoms with Gasteiger partial charge in [0.25, 0.3) is 11.5 Å². The molecule has 0 radical (unpaired) electrons. The van der Waals surface area contributed by atoms with Crippen molar-refractivity contribution < 1.29 is 4.79 Å². The number of fused-ring (bicyclic) bond motifs is 1. The Balaban J connectivity index is 1.53. The van der Waals surface area contributed by atoms with Gasteiger partial charge in [-0.25, -0.2) is 5.43 Å². The number of hydrogen-bond donors (Lipinski definition) is 1. The third-order valence-electron chi connectivity index (χ3n) is 4.86. The summed E-state index contributed by atoms with van der Waals surface area (Å²) in [6, 6.07) is 18.3. The summed E-state index contributed by atoms with van der Waals surface area (Å²) in [6.07, 6.45) is 5.13. The Morgan fingerprint density at radius 2 is 1.87 bits per heavy atom. The number of nitrogens with one attached hydrogen (secondary N) is 1. The number of nitrogens with zero attached hydrogens (tertiary/aromatic N) is 3. The lowest BCUT2D eigenvalue weighted by Gasteiger charge is -2.09. The molecule has 7 heteroatoms. The average Bonchev–Trinajstić information content (AvgIpc) is 3.07. The lowest BCUT2D eigenvalue weighted by atomic mass is 10.2. The maximum Gasteiger partial charge on any atom is 0.276 e. The van der Waals surface area contributed by atoms with E-state index >= 15 is 0 Å². The molecule has 0 saturated heterocycles. The first kappa shape index (κ1) is 19.7. The molecule has 0 fully saturated rings. The lowest BCUT2D eigenvalue weighted by molar-refractivity contribution is 0.0953. The fourth-order valence-electron chi connectivity index (χ4n) is 3.34. The molecule has 0 aliphatic rings. The van der Waals surface area contributed by atoms with Crippen molar-refractivity contribution in [1.82, 2.24) is 14.6 Å². The Hall–Kier alpha value is -3.64. The number of aromatic nitrogens is 2. The highest BCUT2D eigenvalue weighted by Gasteiger charge is 2.12. The molecule has 1 N–H and O–H groups in total. The number of hydrogen-bond acceptors (Lipinski definition) is 3. The second kappa shape index (κ2) is 8.39. The summed E-state index contributed by atoms with van der Waals surface area (Å²) in [5.41, 5.74) is 4.79. The minimum atomic E-state index is -0.565. The highest BCUT2D eigenvalue weighted by Crippen LogP contribution is 2.18. The van der Waals surface area contributed by atoms with Gasteiger partial charge in [0.05, 0.1) is 12.8 Å². The van der Waals surface area contributed by atoms with Crippen LogP contribution in [0.15, 0.2) is 83.0 Å². The van der Waals surface area contributed by atoms with Crippen LogP contribution in [-0.4, -0.2) is 21.3 Å². The summed E-state index contributed by atoms with van der Waals surface area (Å²) in [4.78, 5) is 25.3. The molecule has 4 aromatic rings. The molecule has 2 aromatic heterocycles. The maximum absolute atomic E-state index is 12.7. The molecule has 150 valence electrons. The van der Waals surface area contributed by atoms with Crippen LogP contribution < -0.4 is 11.0 Å². The number of para-hydroxylation sites is 1. The van der Waals surface area contributed by atoms with Crippen LogP contribution >= 0.6 is 11.6 Å². The van der Waals surface area contributed by atoms with Crippen molar-refractivity contribution in [3.8, 4) is 0 Å². The van der Waals surface area contributed by atoms with Crippen LogP contribution in [0.2, 0.25) is 5.02 Å². The van der Waals surface area contributed by atoms with Gasteiger partial charge in [0.15, 0.2) is 0 Å². The molecule has 0 aliphatic carbocycles. The number of carbonyl (C=O) groups is 1. The zero-order chi connectivity index (χ0) is 21.1. The molecule has 1 amide bonds. The Bertz CT molecular complexity index is 1320. The number of aryl methyl sites for hydroxylation is 1. The summed E-state index contributed by atoms with van der Waals surface area (Å²) < 4.78 is 3.44. The predicted octanol–water partition coefficient (Wildman–Crippen LogP) is 3.81. The van der Waals surface area contributed by atoms with E-state index in [0.717, 1.165) is 22.0 Å². The molecule has 30 heavy (non-hydrogen) atoms. The van der Waals surface area contributed by atoms with Gasteiger partial charge in [0, 0.05) is 40.9 Å². The Morgan fingerprint density at radius 3 is 2.70 bits per heavy atom. The fraction of sp³-hybridized carbons (Fsp3) is 0.0870. The van der Waals surface area contributed by atoms with E-state index in [9.17, 15) is 9.59 Å². The number of halogens is 1. The van der Waals surface area contributed by atoms with Crippen molar-refractivity contribution in [1.29, 1.82) is 0 Å². The molecule has 6 nitrogen and oxygen atoms in total. The van der Waals surface area contributed by atoms with Gasteiger partial charge in [0.1, 0.15) is 5.56 Å². The SMILES string of the molecule is Cn1cc(/C=N\NC(=O)c2cccn(Cc3ccccc3Cl)c2=O)c2ccccc21. The third-order valence-corrected chi connectivity index (χ3v) is 5.23. The topological polar surface area (TPSA) is 68.4 Å². The highest BCUT2D eigenvalue weighted by atomic mass is 35.5. The highest BCUT2D eigenvalue weighted by molar-refractivity contribution is 6.31. The van der Waals surface area contributed by atoms with Crippen molar-refractivity contribution >= 4 is 34.6 Å². The molecule has 0 saturated carbocycles. The molecule has 0 unspecified atom stereocenters. The quantitative estimate of drug-likeness (QED) is 0.395. The molecule has 0 atom stereocenters. The minimum absolute atomic E-state index is 0.0135. The molecule has 0 spiro atoms. The number of hydrazone groups is 1.